The summed E-state index contributed by atoms with van der Waals surface area (Å²) >= 11 is 0. The van der Waals surface area contributed by atoms with Gasteiger partial charge in [0.05, 0.1) is 25.1 Å². The first kappa shape index (κ1) is 19.4. The first-order valence-electron chi connectivity index (χ1n) is 9.41. The van der Waals surface area contributed by atoms with Gasteiger partial charge in [0, 0.05) is 33.2 Å². The largest absolute Gasteiger partial charge is 0.383 e. The molecule has 1 aromatic carbocycles. The average Bonchev–Trinajstić information content (AvgIpc) is 2.67. The van der Waals surface area contributed by atoms with Gasteiger partial charge in [-0.1, -0.05) is 29.8 Å². The Morgan fingerprint density at radius 3 is 2.67 bits per heavy atom. The van der Waals surface area contributed by atoms with Crippen molar-refractivity contribution in [2.24, 2.45) is 5.92 Å². The van der Waals surface area contributed by atoms with E-state index in [2.05, 4.69) is 5.32 Å². The molecule has 2 atom stereocenters. The minimum atomic E-state index is -0.354. The summed E-state index contributed by atoms with van der Waals surface area (Å²) in [7, 11) is 1.60. The number of hydrogen-bond donors (Lipinski definition) is 1. The predicted octanol–water partition coefficient (Wildman–Crippen LogP) is 0.880. The van der Waals surface area contributed by atoms with Crippen LogP contribution in [-0.2, 0) is 19.1 Å². The van der Waals surface area contributed by atoms with E-state index in [1.165, 1.54) is 0 Å². The lowest BCUT2D eigenvalue weighted by Crippen LogP contribution is -2.55. The number of amides is 3. The summed E-state index contributed by atoms with van der Waals surface area (Å²) in [5, 5.41) is 2.75. The number of hydrogen-bond acceptors (Lipinski definition) is 4. The molecule has 3 rings (SSSR count). The van der Waals surface area contributed by atoms with Gasteiger partial charge in [0.2, 0.25) is 17.7 Å². The van der Waals surface area contributed by atoms with Crippen LogP contribution >= 0.6 is 0 Å². The third-order valence-electron chi connectivity index (χ3n) is 5.33. The van der Waals surface area contributed by atoms with E-state index in [0.717, 1.165) is 11.1 Å². The monoisotopic (exact) mass is 373 g/mol. The fraction of sp³-hybridized carbons (Fsp3) is 0.550. The summed E-state index contributed by atoms with van der Waals surface area (Å²) < 4.78 is 5.18. The molecule has 0 radical (unpaired) electrons. The van der Waals surface area contributed by atoms with Gasteiger partial charge in [0.1, 0.15) is 0 Å². The summed E-state index contributed by atoms with van der Waals surface area (Å²) in [5.41, 5.74) is 2.07. The highest BCUT2D eigenvalue weighted by Gasteiger charge is 2.42. The second-order valence-corrected chi connectivity index (χ2v) is 7.19. The van der Waals surface area contributed by atoms with Gasteiger partial charge < -0.3 is 19.9 Å². The Kier molecular flexibility index (Phi) is 6.11. The molecule has 0 unspecified atom stereocenters. The molecule has 0 saturated carbocycles. The van der Waals surface area contributed by atoms with Crippen LogP contribution in [0, 0.1) is 12.8 Å². The van der Waals surface area contributed by atoms with Crippen molar-refractivity contribution in [3.63, 3.8) is 0 Å². The summed E-state index contributed by atoms with van der Waals surface area (Å²) in [4.78, 5) is 41.0. The molecule has 2 saturated heterocycles. The van der Waals surface area contributed by atoms with Crippen molar-refractivity contribution in [1.82, 2.24) is 15.1 Å². The van der Waals surface area contributed by atoms with Crippen molar-refractivity contribution < 1.29 is 19.1 Å². The highest BCUT2D eigenvalue weighted by Crippen LogP contribution is 2.38. The number of rotatable bonds is 5. The van der Waals surface area contributed by atoms with Crippen molar-refractivity contribution in [3.8, 4) is 0 Å². The lowest BCUT2D eigenvalue weighted by atomic mass is 9.83. The molecule has 2 aliphatic rings. The molecule has 1 N–H and O–H groups in total. The molecule has 27 heavy (non-hydrogen) atoms. The van der Waals surface area contributed by atoms with Crippen LogP contribution in [0.2, 0.25) is 0 Å². The highest BCUT2D eigenvalue weighted by molar-refractivity contribution is 5.89. The van der Waals surface area contributed by atoms with Crippen LogP contribution in [-0.4, -0.2) is 67.4 Å². The number of aryl methyl sites for hydroxylation is 1. The molecule has 1 aromatic rings. The van der Waals surface area contributed by atoms with Gasteiger partial charge in [0.25, 0.3) is 0 Å². The van der Waals surface area contributed by atoms with Crippen molar-refractivity contribution in [2.45, 2.75) is 25.8 Å². The molecule has 0 aliphatic carbocycles. The van der Waals surface area contributed by atoms with Crippen LogP contribution < -0.4 is 5.32 Å². The van der Waals surface area contributed by atoms with Crippen molar-refractivity contribution in [1.29, 1.82) is 0 Å². The van der Waals surface area contributed by atoms with E-state index in [-0.39, 0.29) is 36.2 Å². The number of piperazine rings is 1. The fourth-order valence-corrected chi connectivity index (χ4v) is 3.90. The van der Waals surface area contributed by atoms with Crippen LogP contribution in [0.25, 0.3) is 0 Å². The zero-order valence-corrected chi connectivity index (χ0v) is 15.9. The number of piperidine rings is 1. The van der Waals surface area contributed by atoms with Gasteiger partial charge in [-0.3, -0.25) is 14.4 Å². The van der Waals surface area contributed by atoms with Gasteiger partial charge in [-0.15, -0.1) is 0 Å². The smallest absolute Gasteiger partial charge is 0.239 e. The Labute approximate surface area is 159 Å². The molecule has 2 fully saturated rings. The first-order valence-corrected chi connectivity index (χ1v) is 9.41. The third-order valence-corrected chi connectivity index (χ3v) is 5.33. The third kappa shape index (κ3) is 4.30. The molecule has 3 amide bonds. The Morgan fingerprint density at radius 1 is 1.26 bits per heavy atom. The van der Waals surface area contributed by atoms with Crippen LogP contribution in [0.5, 0.6) is 0 Å². The summed E-state index contributed by atoms with van der Waals surface area (Å²) in [6, 6.07) is 7.64. The van der Waals surface area contributed by atoms with E-state index in [9.17, 15) is 14.4 Å². The van der Waals surface area contributed by atoms with Gasteiger partial charge >= 0.3 is 0 Å². The van der Waals surface area contributed by atoms with Crippen LogP contribution in [0.3, 0.4) is 0 Å². The van der Waals surface area contributed by atoms with Crippen molar-refractivity contribution >= 4 is 17.7 Å². The Hall–Kier alpha value is -2.41. The van der Waals surface area contributed by atoms with Gasteiger partial charge in [-0.2, -0.15) is 0 Å². The Morgan fingerprint density at radius 2 is 2.00 bits per heavy atom. The van der Waals surface area contributed by atoms with Crippen LogP contribution in [0.4, 0.5) is 0 Å². The number of carbonyl (C=O) groups excluding carboxylic acids is 3. The average molecular weight is 373 g/mol. The second kappa shape index (κ2) is 8.52. The number of likely N-dealkylation sites (tertiary alicyclic amines) is 1. The molecule has 2 aliphatic heterocycles. The second-order valence-electron chi connectivity index (χ2n) is 7.19. The summed E-state index contributed by atoms with van der Waals surface area (Å²) in [5.74, 6) is -0.499. The Bertz CT molecular complexity index is 704. The molecule has 0 spiro atoms. The molecule has 0 bridgehead atoms. The SMILES string of the molecule is COCCN1C(=O)CC[C@@H](C(=O)N2CCNC(=O)C2)[C@H]1c1ccc(C)cc1. The quantitative estimate of drug-likeness (QED) is 0.831. The predicted molar refractivity (Wildman–Crippen MR) is 99.8 cm³/mol. The zero-order chi connectivity index (χ0) is 19.4. The van der Waals surface area contributed by atoms with E-state index >= 15 is 0 Å². The number of ether oxygens (including phenoxy) is 1. The molecule has 0 aromatic heterocycles. The number of methoxy groups -OCH3 is 1. The fourth-order valence-electron chi connectivity index (χ4n) is 3.90. The number of nitrogens with zero attached hydrogens (tertiary/aromatic N) is 2. The Balaban J connectivity index is 1.91. The highest BCUT2D eigenvalue weighted by atomic mass is 16.5. The van der Waals surface area contributed by atoms with E-state index in [4.69, 9.17) is 4.74 Å². The maximum absolute atomic E-state index is 13.3. The van der Waals surface area contributed by atoms with E-state index < -0.39 is 0 Å². The van der Waals surface area contributed by atoms with Gasteiger partial charge in [-0.05, 0) is 18.9 Å². The standard InChI is InChI=1S/C20H27N3O4/c1-14-3-5-15(6-4-14)19-16(7-8-18(25)23(19)11-12-27-2)20(26)22-10-9-21-17(24)13-22/h3-6,16,19H,7-13H2,1-2H3,(H,21,24)/t16-,19-/m1/s1. The number of benzene rings is 1. The van der Waals surface area contributed by atoms with Crippen LogP contribution in [0.1, 0.15) is 30.0 Å². The summed E-state index contributed by atoms with van der Waals surface area (Å²) in [6.45, 7) is 3.93. The lowest BCUT2D eigenvalue weighted by Gasteiger charge is -2.42. The lowest BCUT2D eigenvalue weighted by molar-refractivity contribution is -0.151. The molecule has 7 nitrogen and oxygen atoms in total. The topological polar surface area (TPSA) is 79.0 Å². The number of nitrogens with one attached hydrogen (secondary N) is 1. The first-order chi connectivity index (χ1) is 13.0. The van der Waals surface area contributed by atoms with E-state index in [1.54, 1.807) is 16.9 Å². The minimum Gasteiger partial charge on any atom is -0.383 e. The molecule has 7 heteroatoms. The van der Waals surface area contributed by atoms with Gasteiger partial charge in [0.15, 0.2) is 0 Å². The molecular formula is C20H27N3O4. The number of carbonyl (C=O) groups is 3. The van der Waals surface area contributed by atoms with E-state index in [0.29, 0.717) is 39.1 Å². The summed E-state index contributed by atoms with van der Waals surface area (Å²) in [6.07, 6.45) is 0.834. The maximum atomic E-state index is 13.3. The zero-order valence-electron chi connectivity index (χ0n) is 15.9. The van der Waals surface area contributed by atoms with Gasteiger partial charge in [-0.25, -0.2) is 0 Å². The molecule has 2 heterocycles. The van der Waals surface area contributed by atoms with E-state index in [1.807, 2.05) is 31.2 Å². The maximum Gasteiger partial charge on any atom is 0.239 e. The van der Waals surface area contributed by atoms with Crippen molar-refractivity contribution in [2.75, 3.05) is 39.9 Å². The molecule has 146 valence electrons. The normalized spacial score (nSPS) is 23.3. The minimum absolute atomic E-state index is 0.0399. The van der Waals surface area contributed by atoms with Crippen molar-refractivity contribution in [3.05, 3.63) is 35.4 Å². The van der Waals surface area contributed by atoms with Crippen LogP contribution in [0.15, 0.2) is 24.3 Å². The molecular weight excluding hydrogens is 346 g/mol.